The zero-order valence-electron chi connectivity index (χ0n) is 12.1. The topological polar surface area (TPSA) is 53.4 Å². The van der Waals surface area contributed by atoms with Crippen LogP contribution < -0.4 is 4.90 Å². The van der Waals surface area contributed by atoms with Crippen LogP contribution in [0.1, 0.15) is 37.7 Å². The second kappa shape index (κ2) is 5.90. The zero-order chi connectivity index (χ0) is 14.7. The van der Waals surface area contributed by atoms with Gasteiger partial charge in [0, 0.05) is 23.7 Å². The van der Waals surface area contributed by atoms with Crippen molar-refractivity contribution in [3.05, 3.63) is 36.0 Å². The van der Waals surface area contributed by atoms with Gasteiger partial charge >= 0.3 is 5.97 Å². The number of aromatic nitrogens is 1. The number of benzene rings is 1. The second-order valence-electron chi connectivity index (χ2n) is 5.14. The van der Waals surface area contributed by atoms with Crippen LogP contribution >= 0.6 is 0 Å². The van der Waals surface area contributed by atoms with E-state index in [0.29, 0.717) is 6.04 Å². The summed E-state index contributed by atoms with van der Waals surface area (Å²) in [6, 6.07) is 9.68. The fraction of sp³-hybridized carbons (Fsp3) is 0.375. The number of hydrogen-bond donors (Lipinski definition) is 1. The van der Waals surface area contributed by atoms with E-state index in [9.17, 15) is 9.90 Å². The van der Waals surface area contributed by atoms with Gasteiger partial charge in [-0.2, -0.15) is 0 Å². The molecule has 1 heterocycles. The van der Waals surface area contributed by atoms with Crippen molar-refractivity contribution in [2.45, 2.75) is 33.2 Å². The monoisotopic (exact) mass is 272 g/mol. The summed E-state index contributed by atoms with van der Waals surface area (Å²) in [7, 11) is 0. The number of anilines is 1. The van der Waals surface area contributed by atoms with Crippen LogP contribution in [0, 0.1) is 0 Å². The molecular weight excluding hydrogens is 252 g/mol. The van der Waals surface area contributed by atoms with Gasteiger partial charge in [-0.3, -0.25) is 0 Å². The molecule has 0 saturated carbocycles. The minimum Gasteiger partial charge on any atom is -0.477 e. The number of para-hydroxylation sites is 1. The summed E-state index contributed by atoms with van der Waals surface area (Å²) in [4.78, 5) is 17.7. The molecule has 0 fully saturated rings. The Bertz CT molecular complexity index is 623. The number of nitrogens with zero attached hydrogens (tertiary/aromatic N) is 2. The standard InChI is InChI=1S/C16H20N2O2/c1-4-9-18(11(2)3)15-10-14(16(19)20)17-13-8-6-5-7-12(13)15/h5-8,10-11H,4,9H2,1-3H3,(H,19,20). The van der Waals surface area contributed by atoms with Crippen LogP contribution in [-0.2, 0) is 0 Å². The molecule has 0 amide bonds. The first-order chi connectivity index (χ1) is 9.54. The average Bonchev–Trinajstić information content (AvgIpc) is 2.43. The third-order valence-corrected chi connectivity index (χ3v) is 3.31. The SMILES string of the molecule is CCCN(c1cc(C(=O)O)nc2ccccc12)C(C)C. The average molecular weight is 272 g/mol. The van der Waals surface area contributed by atoms with Crippen LogP contribution in [0.15, 0.2) is 30.3 Å². The van der Waals surface area contributed by atoms with Crippen molar-refractivity contribution in [2.24, 2.45) is 0 Å². The van der Waals surface area contributed by atoms with Crippen LogP contribution in [0.4, 0.5) is 5.69 Å². The maximum atomic E-state index is 11.3. The molecule has 0 unspecified atom stereocenters. The fourth-order valence-electron chi connectivity index (χ4n) is 2.40. The highest BCUT2D eigenvalue weighted by molar-refractivity contribution is 5.97. The van der Waals surface area contributed by atoms with Gasteiger partial charge in [0.25, 0.3) is 0 Å². The molecule has 4 nitrogen and oxygen atoms in total. The molecule has 0 aliphatic heterocycles. The molecular formula is C16H20N2O2. The predicted molar refractivity (Wildman–Crippen MR) is 81.5 cm³/mol. The van der Waals surface area contributed by atoms with E-state index in [1.807, 2.05) is 24.3 Å². The fourth-order valence-corrected chi connectivity index (χ4v) is 2.40. The minimum absolute atomic E-state index is 0.0976. The second-order valence-corrected chi connectivity index (χ2v) is 5.14. The smallest absolute Gasteiger partial charge is 0.354 e. The summed E-state index contributed by atoms with van der Waals surface area (Å²) in [6.45, 7) is 7.25. The largest absolute Gasteiger partial charge is 0.477 e. The first kappa shape index (κ1) is 14.3. The highest BCUT2D eigenvalue weighted by atomic mass is 16.4. The molecule has 0 atom stereocenters. The van der Waals surface area contributed by atoms with Crippen molar-refractivity contribution < 1.29 is 9.90 Å². The van der Waals surface area contributed by atoms with Gasteiger partial charge in [-0.15, -0.1) is 0 Å². The zero-order valence-corrected chi connectivity index (χ0v) is 12.1. The maximum absolute atomic E-state index is 11.3. The molecule has 1 aromatic heterocycles. The van der Waals surface area contributed by atoms with Gasteiger partial charge in [-0.25, -0.2) is 9.78 Å². The van der Waals surface area contributed by atoms with Gasteiger partial charge in [0.05, 0.1) is 5.52 Å². The molecule has 0 bridgehead atoms. The molecule has 0 spiro atoms. The molecule has 20 heavy (non-hydrogen) atoms. The number of carboxylic acids is 1. The number of rotatable bonds is 5. The Morgan fingerprint density at radius 1 is 1.35 bits per heavy atom. The number of aromatic carboxylic acids is 1. The Kier molecular flexibility index (Phi) is 4.23. The molecule has 2 aromatic rings. The first-order valence-corrected chi connectivity index (χ1v) is 6.94. The van der Waals surface area contributed by atoms with Crippen molar-refractivity contribution in [1.29, 1.82) is 0 Å². The van der Waals surface area contributed by atoms with Gasteiger partial charge in [-0.05, 0) is 32.4 Å². The number of pyridine rings is 1. The van der Waals surface area contributed by atoms with Crippen LogP contribution in [0.5, 0.6) is 0 Å². The van der Waals surface area contributed by atoms with Crippen molar-refractivity contribution in [2.75, 3.05) is 11.4 Å². The van der Waals surface area contributed by atoms with E-state index in [4.69, 9.17) is 0 Å². The molecule has 0 aliphatic carbocycles. The summed E-state index contributed by atoms with van der Waals surface area (Å²) in [5.41, 5.74) is 1.77. The van der Waals surface area contributed by atoms with E-state index in [0.717, 1.165) is 29.6 Å². The van der Waals surface area contributed by atoms with E-state index < -0.39 is 5.97 Å². The van der Waals surface area contributed by atoms with Crippen molar-refractivity contribution >= 4 is 22.6 Å². The summed E-state index contributed by atoms with van der Waals surface area (Å²) in [5.74, 6) is -0.989. The Morgan fingerprint density at radius 2 is 2.05 bits per heavy atom. The van der Waals surface area contributed by atoms with Crippen LogP contribution in [-0.4, -0.2) is 28.6 Å². The lowest BCUT2D eigenvalue weighted by molar-refractivity contribution is 0.0691. The molecule has 1 aromatic carbocycles. The summed E-state index contributed by atoms with van der Waals surface area (Å²) < 4.78 is 0. The Morgan fingerprint density at radius 3 is 2.65 bits per heavy atom. The van der Waals surface area contributed by atoms with Crippen LogP contribution in [0.2, 0.25) is 0 Å². The van der Waals surface area contributed by atoms with Crippen molar-refractivity contribution in [1.82, 2.24) is 4.98 Å². The van der Waals surface area contributed by atoms with E-state index in [1.54, 1.807) is 6.07 Å². The van der Waals surface area contributed by atoms with Gasteiger partial charge in [0.2, 0.25) is 0 Å². The van der Waals surface area contributed by atoms with E-state index in [-0.39, 0.29) is 5.69 Å². The van der Waals surface area contributed by atoms with E-state index >= 15 is 0 Å². The van der Waals surface area contributed by atoms with Gasteiger partial charge in [0.15, 0.2) is 5.69 Å². The number of carboxylic acid groups (broad SMARTS) is 1. The van der Waals surface area contributed by atoms with Crippen molar-refractivity contribution in [3.8, 4) is 0 Å². The number of fused-ring (bicyclic) bond motifs is 1. The predicted octanol–water partition coefficient (Wildman–Crippen LogP) is 3.56. The first-order valence-electron chi connectivity index (χ1n) is 6.94. The molecule has 0 saturated heterocycles. The molecule has 1 N–H and O–H groups in total. The summed E-state index contributed by atoms with van der Waals surface area (Å²) in [5, 5.41) is 10.2. The lowest BCUT2D eigenvalue weighted by Crippen LogP contribution is -2.31. The van der Waals surface area contributed by atoms with E-state index in [1.165, 1.54) is 0 Å². The third-order valence-electron chi connectivity index (χ3n) is 3.31. The highest BCUT2D eigenvalue weighted by Gasteiger charge is 2.17. The maximum Gasteiger partial charge on any atom is 0.354 e. The lowest BCUT2D eigenvalue weighted by Gasteiger charge is -2.30. The number of hydrogen-bond acceptors (Lipinski definition) is 3. The highest BCUT2D eigenvalue weighted by Crippen LogP contribution is 2.28. The Labute approximate surface area is 119 Å². The minimum atomic E-state index is -0.989. The summed E-state index contributed by atoms with van der Waals surface area (Å²) in [6.07, 6.45) is 1.01. The van der Waals surface area contributed by atoms with Crippen molar-refractivity contribution in [3.63, 3.8) is 0 Å². The summed E-state index contributed by atoms with van der Waals surface area (Å²) >= 11 is 0. The molecule has 4 heteroatoms. The van der Waals surface area contributed by atoms with Crippen LogP contribution in [0.25, 0.3) is 10.9 Å². The van der Waals surface area contributed by atoms with Crippen LogP contribution in [0.3, 0.4) is 0 Å². The normalized spacial score (nSPS) is 11.0. The Hall–Kier alpha value is -2.10. The molecule has 2 rings (SSSR count). The third kappa shape index (κ3) is 2.74. The van der Waals surface area contributed by atoms with Gasteiger partial charge < -0.3 is 10.0 Å². The van der Waals surface area contributed by atoms with Gasteiger partial charge in [-0.1, -0.05) is 25.1 Å². The lowest BCUT2D eigenvalue weighted by atomic mass is 10.1. The number of carbonyl (C=O) groups is 1. The molecule has 0 radical (unpaired) electrons. The Balaban J connectivity index is 2.67. The molecule has 0 aliphatic rings. The van der Waals surface area contributed by atoms with Gasteiger partial charge in [0.1, 0.15) is 0 Å². The molecule has 106 valence electrons. The van der Waals surface area contributed by atoms with E-state index in [2.05, 4.69) is 30.7 Å². The quantitative estimate of drug-likeness (QED) is 0.904.